The zero-order chi connectivity index (χ0) is 10.6. The third-order valence-electron chi connectivity index (χ3n) is 3.10. The molecule has 0 aromatic rings. The van der Waals surface area contributed by atoms with Gasteiger partial charge >= 0.3 is 0 Å². The first-order valence-electron chi connectivity index (χ1n) is 5.45. The quantitative estimate of drug-likeness (QED) is 0.700. The first kappa shape index (κ1) is 12.1. The average molecular weight is 215 g/mol. The number of hydrogen-bond donors (Lipinski definition) is 0. The van der Waals surface area contributed by atoms with Crippen molar-refractivity contribution in [3.63, 3.8) is 0 Å². The summed E-state index contributed by atoms with van der Waals surface area (Å²) in [5.74, 6) is 3.08. The van der Waals surface area contributed by atoms with E-state index in [1.807, 2.05) is 18.7 Å². The normalized spacial score (nSPS) is 24.1. The summed E-state index contributed by atoms with van der Waals surface area (Å²) >= 11 is 2.00. The van der Waals surface area contributed by atoms with Crippen LogP contribution >= 0.6 is 11.8 Å². The zero-order valence-corrected chi connectivity index (χ0v) is 10.3. The Bertz CT molecular complexity index is 190. The van der Waals surface area contributed by atoms with Crippen LogP contribution in [0.4, 0.5) is 0 Å². The van der Waals surface area contributed by atoms with Gasteiger partial charge in [-0.25, -0.2) is 0 Å². The number of ketones is 1. The van der Waals surface area contributed by atoms with Gasteiger partial charge in [-0.2, -0.15) is 11.8 Å². The molecule has 2 atom stereocenters. The molecule has 1 heterocycles. The number of nitrogens with zero attached hydrogens (tertiary/aromatic N) is 1. The van der Waals surface area contributed by atoms with E-state index in [-0.39, 0.29) is 5.92 Å². The van der Waals surface area contributed by atoms with Crippen LogP contribution in [-0.4, -0.2) is 41.8 Å². The maximum absolute atomic E-state index is 11.7. The van der Waals surface area contributed by atoms with Gasteiger partial charge in [-0.3, -0.25) is 9.69 Å². The van der Waals surface area contributed by atoms with Crippen LogP contribution in [0.3, 0.4) is 0 Å². The van der Waals surface area contributed by atoms with Crippen LogP contribution in [0.1, 0.15) is 26.7 Å². The highest BCUT2D eigenvalue weighted by Gasteiger charge is 2.22. The van der Waals surface area contributed by atoms with Crippen LogP contribution in [0.2, 0.25) is 0 Å². The van der Waals surface area contributed by atoms with Crippen LogP contribution in [0.25, 0.3) is 0 Å². The van der Waals surface area contributed by atoms with Crippen molar-refractivity contribution in [3.8, 4) is 0 Å². The monoisotopic (exact) mass is 215 g/mol. The second-order valence-electron chi connectivity index (χ2n) is 4.21. The van der Waals surface area contributed by atoms with Crippen molar-refractivity contribution in [3.05, 3.63) is 0 Å². The minimum Gasteiger partial charge on any atom is -0.298 e. The van der Waals surface area contributed by atoms with Gasteiger partial charge in [-0.05, 0) is 25.6 Å². The molecule has 14 heavy (non-hydrogen) atoms. The zero-order valence-electron chi connectivity index (χ0n) is 9.45. The Kier molecular flexibility index (Phi) is 4.96. The summed E-state index contributed by atoms with van der Waals surface area (Å²) in [6.07, 6.45) is 2.21. The molecule has 3 heteroatoms. The molecule has 0 amide bonds. The van der Waals surface area contributed by atoms with Crippen LogP contribution in [0, 0.1) is 5.92 Å². The third kappa shape index (κ3) is 3.28. The van der Waals surface area contributed by atoms with E-state index >= 15 is 0 Å². The second kappa shape index (κ2) is 5.76. The fourth-order valence-corrected chi connectivity index (χ4v) is 2.93. The van der Waals surface area contributed by atoms with Crippen molar-refractivity contribution < 1.29 is 4.79 Å². The van der Waals surface area contributed by atoms with Crippen LogP contribution in [0.5, 0.6) is 0 Å². The van der Waals surface area contributed by atoms with Crippen molar-refractivity contribution >= 4 is 17.5 Å². The number of thioether (sulfide) groups is 1. The Morgan fingerprint density at radius 3 is 2.86 bits per heavy atom. The molecule has 0 saturated carbocycles. The predicted octanol–water partition coefficient (Wildman–Crippen LogP) is 2.04. The summed E-state index contributed by atoms with van der Waals surface area (Å²) in [5.41, 5.74) is 0. The first-order chi connectivity index (χ1) is 6.65. The minimum atomic E-state index is 0.228. The van der Waals surface area contributed by atoms with Crippen molar-refractivity contribution in [1.29, 1.82) is 0 Å². The van der Waals surface area contributed by atoms with Crippen molar-refractivity contribution in [2.24, 2.45) is 5.92 Å². The van der Waals surface area contributed by atoms with Crippen molar-refractivity contribution in [2.45, 2.75) is 32.7 Å². The van der Waals surface area contributed by atoms with Gasteiger partial charge in [0.25, 0.3) is 0 Å². The molecule has 0 bridgehead atoms. The molecule has 2 unspecified atom stereocenters. The van der Waals surface area contributed by atoms with Gasteiger partial charge in [-0.15, -0.1) is 0 Å². The van der Waals surface area contributed by atoms with E-state index in [0.29, 0.717) is 18.4 Å². The molecule has 1 rings (SSSR count). The molecule has 82 valence electrons. The highest BCUT2D eigenvalue weighted by molar-refractivity contribution is 7.99. The highest BCUT2D eigenvalue weighted by Crippen LogP contribution is 2.21. The van der Waals surface area contributed by atoms with Gasteiger partial charge in [-0.1, -0.05) is 13.8 Å². The summed E-state index contributed by atoms with van der Waals surface area (Å²) in [7, 11) is 2.08. The lowest BCUT2D eigenvalue weighted by Crippen LogP contribution is -2.37. The number of likely N-dealkylation sites (N-methyl/N-ethyl adjacent to an activating group) is 1. The fraction of sp³-hybridized carbons (Fsp3) is 0.909. The Morgan fingerprint density at radius 1 is 1.64 bits per heavy atom. The van der Waals surface area contributed by atoms with Crippen molar-refractivity contribution in [2.75, 3.05) is 25.1 Å². The first-order valence-corrected chi connectivity index (χ1v) is 6.61. The van der Waals surface area contributed by atoms with E-state index in [2.05, 4.69) is 18.9 Å². The lowest BCUT2D eigenvalue weighted by atomic mass is 10.0. The summed E-state index contributed by atoms with van der Waals surface area (Å²) in [4.78, 5) is 13.9. The summed E-state index contributed by atoms with van der Waals surface area (Å²) < 4.78 is 0. The molecule has 0 N–H and O–H groups in total. The lowest BCUT2D eigenvalue weighted by Gasteiger charge is -2.23. The number of hydrogen-bond acceptors (Lipinski definition) is 3. The van der Waals surface area contributed by atoms with Crippen LogP contribution in [0.15, 0.2) is 0 Å². The Labute approximate surface area is 91.4 Å². The third-order valence-corrected chi connectivity index (χ3v) is 4.24. The van der Waals surface area contributed by atoms with E-state index in [1.54, 1.807) is 0 Å². The Balaban J connectivity index is 2.31. The number of carbonyl (C=O) groups excluding carboxylic acids is 1. The van der Waals surface area contributed by atoms with E-state index < -0.39 is 0 Å². The van der Waals surface area contributed by atoms with E-state index in [9.17, 15) is 4.79 Å². The average Bonchev–Trinajstić information content (AvgIpc) is 2.69. The van der Waals surface area contributed by atoms with Crippen LogP contribution in [-0.2, 0) is 4.79 Å². The molecular weight excluding hydrogens is 194 g/mol. The van der Waals surface area contributed by atoms with E-state index in [0.717, 1.165) is 6.42 Å². The van der Waals surface area contributed by atoms with E-state index in [4.69, 9.17) is 0 Å². The second-order valence-corrected chi connectivity index (χ2v) is 5.36. The molecule has 1 aliphatic rings. The standard InChI is InChI=1S/C11H21NOS/c1-4-9(2)11(13)7-12(3)10-5-6-14-8-10/h9-10H,4-8H2,1-3H3. The van der Waals surface area contributed by atoms with Crippen LogP contribution < -0.4 is 0 Å². The van der Waals surface area contributed by atoms with Gasteiger partial charge in [0.2, 0.25) is 0 Å². The summed E-state index contributed by atoms with van der Waals surface area (Å²) in [6, 6.07) is 0.632. The Hall–Kier alpha value is -0.0200. The van der Waals surface area contributed by atoms with Gasteiger partial charge in [0.05, 0.1) is 6.54 Å². The molecule has 0 radical (unpaired) electrons. The lowest BCUT2D eigenvalue weighted by molar-refractivity contribution is -0.123. The predicted molar refractivity (Wildman–Crippen MR) is 62.8 cm³/mol. The highest BCUT2D eigenvalue weighted by atomic mass is 32.2. The van der Waals surface area contributed by atoms with Gasteiger partial charge in [0.1, 0.15) is 5.78 Å². The SMILES string of the molecule is CCC(C)C(=O)CN(C)C1CCSC1. The van der Waals surface area contributed by atoms with E-state index in [1.165, 1.54) is 17.9 Å². The molecule has 0 spiro atoms. The largest absolute Gasteiger partial charge is 0.298 e. The molecule has 1 fully saturated rings. The van der Waals surface area contributed by atoms with Gasteiger partial charge in [0.15, 0.2) is 0 Å². The molecule has 0 aliphatic carbocycles. The van der Waals surface area contributed by atoms with Crippen molar-refractivity contribution in [1.82, 2.24) is 4.90 Å². The number of carbonyl (C=O) groups is 1. The Morgan fingerprint density at radius 2 is 2.36 bits per heavy atom. The smallest absolute Gasteiger partial charge is 0.149 e. The van der Waals surface area contributed by atoms with Gasteiger partial charge < -0.3 is 0 Å². The summed E-state index contributed by atoms with van der Waals surface area (Å²) in [6.45, 7) is 4.74. The molecule has 1 saturated heterocycles. The number of rotatable bonds is 5. The molecule has 1 aliphatic heterocycles. The number of Topliss-reactive ketones (excluding diaryl/α,β-unsaturated/α-hetero) is 1. The topological polar surface area (TPSA) is 20.3 Å². The molecular formula is C11H21NOS. The summed E-state index contributed by atoms with van der Waals surface area (Å²) in [5, 5.41) is 0. The maximum atomic E-state index is 11.7. The fourth-order valence-electron chi connectivity index (χ4n) is 1.63. The van der Waals surface area contributed by atoms with Gasteiger partial charge in [0, 0.05) is 17.7 Å². The molecule has 2 nitrogen and oxygen atoms in total. The maximum Gasteiger partial charge on any atom is 0.149 e. The molecule has 0 aromatic carbocycles. The molecule has 0 aromatic heterocycles. The minimum absolute atomic E-state index is 0.228.